The van der Waals surface area contributed by atoms with Gasteiger partial charge in [-0.1, -0.05) is 24.1 Å². The Balaban J connectivity index is 2.02. The molecule has 1 aliphatic heterocycles. The fourth-order valence-corrected chi connectivity index (χ4v) is 2.82. The standard InChI is InChI=1S/C14H17ClFNO2/c15-11-4-3-5-12(16)10(11)7-9-17-8-2-1-6-13(17)14(18)19/h3-5,13H,1-2,6-9H2,(H,18,19). The van der Waals surface area contributed by atoms with Crippen LogP contribution in [-0.2, 0) is 11.2 Å². The van der Waals surface area contributed by atoms with E-state index in [0.29, 0.717) is 30.0 Å². The van der Waals surface area contributed by atoms with Crippen molar-refractivity contribution in [1.82, 2.24) is 4.90 Å². The molecule has 0 aromatic heterocycles. The van der Waals surface area contributed by atoms with Gasteiger partial charge in [-0.2, -0.15) is 0 Å². The molecule has 1 unspecified atom stereocenters. The quantitative estimate of drug-likeness (QED) is 0.925. The molecule has 0 amide bonds. The number of aliphatic carboxylic acids is 1. The van der Waals surface area contributed by atoms with Crippen LogP contribution in [-0.4, -0.2) is 35.1 Å². The predicted octanol–water partition coefficient (Wildman–Crippen LogP) is 2.96. The Hall–Kier alpha value is -1.13. The van der Waals surface area contributed by atoms with Crippen molar-refractivity contribution in [2.75, 3.05) is 13.1 Å². The highest BCUT2D eigenvalue weighted by Gasteiger charge is 2.28. The van der Waals surface area contributed by atoms with Crippen molar-refractivity contribution >= 4 is 17.6 Å². The number of benzene rings is 1. The number of carbonyl (C=O) groups is 1. The van der Waals surface area contributed by atoms with Crippen LogP contribution in [0.2, 0.25) is 5.02 Å². The van der Waals surface area contributed by atoms with Crippen molar-refractivity contribution < 1.29 is 14.3 Å². The largest absolute Gasteiger partial charge is 0.480 e. The average Bonchev–Trinajstić information content (AvgIpc) is 2.38. The highest BCUT2D eigenvalue weighted by atomic mass is 35.5. The number of carboxylic acid groups (broad SMARTS) is 1. The monoisotopic (exact) mass is 285 g/mol. The molecule has 1 aromatic rings. The smallest absolute Gasteiger partial charge is 0.320 e. The molecule has 1 N–H and O–H groups in total. The van der Waals surface area contributed by atoms with Gasteiger partial charge in [0.1, 0.15) is 11.9 Å². The third kappa shape index (κ3) is 3.45. The van der Waals surface area contributed by atoms with Crippen LogP contribution in [0.25, 0.3) is 0 Å². The molecule has 1 heterocycles. The normalized spacial score (nSPS) is 20.4. The molecule has 0 spiro atoms. The van der Waals surface area contributed by atoms with Gasteiger partial charge in [0.2, 0.25) is 0 Å². The van der Waals surface area contributed by atoms with Gasteiger partial charge in [0.05, 0.1) is 0 Å². The minimum atomic E-state index is -0.792. The Kier molecular flexibility index (Phi) is 4.77. The number of halogens is 2. The summed E-state index contributed by atoms with van der Waals surface area (Å²) in [5, 5.41) is 9.58. The van der Waals surface area contributed by atoms with Crippen molar-refractivity contribution in [2.24, 2.45) is 0 Å². The van der Waals surface area contributed by atoms with E-state index in [-0.39, 0.29) is 5.82 Å². The minimum Gasteiger partial charge on any atom is -0.480 e. The second-order valence-electron chi connectivity index (χ2n) is 4.84. The maximum atomic E-state index is 13.6. The van der Waals surface area contributed by atoms with E-state index in [1.54, 1.807) is 12.1 Å². The molecule has 1 atom stereocenters. The number of rotatable bonds is 4. The van der Waals surface area contributed by atoms with Crippen LogP contribution in [0, 0.1) is 5.82 Å². The van der Waals surface area contributed by atoms with Crippen molar-refractivity contribution in [1.29, 1.82) is 0 Å². The Morgan fingerprint density at radius 2 is 2.26 bits per heavy atom. The van der Waals surface area contributed by atoms with E-state index >= 15 is 0 Å². The van der Waals surface area contributed by atoms with Crippen LogP contribution < -0.4 is 0 Å². The summed E-state index contributed by atoms with van der Waals surface area (Å²) in [6, 6.07) is 4.17. The van der Waals surface area contributed by atoms with Gasteiger partial charge in [-0.25, -0.2) is 4.39 Å². The summed E-state index contributed by atoms with van der Waals surface area (Å²) in [6.07, 6.45) is 3.04. The van der Waals surface area contributed by atoms with Crippen LogP contribution in [0.5, 0.6) is 0 Å². The lowest BCUT2D eigenvalue weighted by atomic mass is 10.0. The van der Waals surface area contributed by atoms with Crippen LogP contribution in [0.1, 0.15) is 24.8 Å². The molecule has 5 heteroatoms. The van der Waals surface area contributed by atoms with Gasteiger partial charge in [-0.05, 0) is 37.9 Å². The number of hydrogen-bond acceptors (Lipinski definition) is 2. The Bertz CT molecular complexity index is 447. The number of nitrogens with zero attached hydrogens (tertiary/aromatic N) is 1. The number of carboxylic acids is 1. The van der Waals surface area contributed by atoms with Crippen molar-refractivity contribution in [3.8, 4) is 0 Å². The first-order valence-electron chi connectivity index (χ1n) is 6.49. The molecular weight excluding hydrogens is 269 g/mol. The first-order chi connectivity index (χ1) is 9.09. The predicted molar refractivity (Wildman–Crippen MR) is 72.0 cm³/mol. The molecule has 0 bridgehead atoms. The SMILES string of the molecule is O=C(O)C1CCCCN1CCc1c(F)cccc1Cl. The second kappa shape index (κ2) is 6.35. The molecule has 1 fully saturated rings. The average molecular weight is 286 g/mol. The molecule has 1 aromatic carbocycles. The molecule has 1 saturated heterocycles. The number of hydrogen-bond donors (Lipinski definition) is 1. The first kappa shape index (κ1) is 14.3. The van der Waals surface area contributed by atoms with Gasteiger partial charge in [-0.3, -0.25) is 9.69 Å². The zero-order chi connectivity index (χ0) is 13.8. The lowest BCUT2D eigenvalue weighted by Crippen LogP contribution is -2.45. The summed E-state index contributed by atoms with van der Waals surface area (Å²) < 4.78 is 13.6. The highest BCUT2D eigenvalue weighted by molar-refractivity contribution is 6.31. The molecule has 19 heavy (non-hydrogen) atoms. The van der Waals surface area contributed by atoms with Gasteiger partial charge in [0.25, 0.3) is 0 Å². The van der Waals surface area contributed by atoms with Gasteiger partial charge >= 0.3 is 5.97 Å². The van der Waals surface area contributed by atoms with Crippen LogP contribution >= 0.6 is 11.6 Å². The van der Waals surface area contributed by atoms with E-state index in [9.17, 15) is 14.3 Å². The Morgan fingerprint density at radius 3 is 2.95 bits per heavy atom. The van der Waals surface area contributed by atoms with Crippen LogP contribution in [0.15, 0.2) is 18.2 Å². The Morgan fingerprint density at radius 1 is 1.47 bits per heavy atom. The van der Waals surface area contributed by atoms with Crippen molar-refractivity contribution in [2.45, 2.75) is 31.7 Å². The van der Waals surface area contributed by atoms with Gasteiger partial charge in [0.15, 0.2) is 0 Å². The topological polar surface area (TPSA) is 40.5 Å². The summed E-state index contributed by atoms with van der Waals surface area (Å²) >= 11 is 5.97. The molecule has 1 aliphatic rings. The maximum absolute atomic E-state index is 13.6. The third-order valence-electron chi connectivity index (χ3n) is 3.61. The molecule has 3 nitrogen and oxygen atoms in total. The van der Waals surface area contributed by atoms with E-state index in [1.165, 1.54) is 6.07 Å². The zero-order valence-corrected chi connectivity index (χ0v) is 11.4. The van der Waals surface area contributed by atoms with Gasteiger partial charge in [0, 0.05) is 17.1 Å². The van der Waals surface area contributed by atoms with Gasteiger partial charge in [-0.15, -0.1) is 0 Å². The summed E-state index contributed by atoms with van der Waals surface area (Å²) in [7, 11) is 0. The maximum Gasteiger partial charge on any atom is 0.320 e. The first-order valence-corrected chi connectivity index (χ1v) is 6.87. The molecule has 0 aliphatic carbocycles. The highest BCUT2D eigenvalue weighted by Crippen LogP contribution is 2.22. The number of likely N-dealkylation sites (tertiary alicyclic amines) is 1. The molecule has 104 valence electrons. The van der Waals surface area contributed by atoms with Crippen LogP contribution in [0.3, 0.4) is 0 Å². The van der Waals surface area contributed by atoms with Gasteiger partial charge < -0.3 is 5.11 Å². The summed E-state index contributed by atoms with van der Waals surface area (Å²) in [5.74, 6) is -1.12. The fraction of sp³-hybridized carbons (Fsp3) is 0.500. The van der Waals surface area contributed by atoms with E-state index in [1.807, 2.05) is 4.90 Å². The van der Waals surface area contributed by atoms with E-state index < -0.39 is 12.0 Å². The molecule has 2 rings (SSSR count). The lowest BCUT2D eigenvalue weighted by molar-refractivity contribution is -0.144. The summed E-state index contributed by atoms with van der Waals surface area (Å²) in [6.45, 7) is 1.28. The zero-order valence-electron chi connectivity index (χ0n) is 10.6. The summed E-state index contributed by atoms with van der Waals surface area (Å²) in [5.41, 5.74) is 0.471. The second-order valence-corrected chi connectivity index (χ2v) is 5.24. The number of piperidine rings is 1. The molecule has 0 radical (unpaired) electrons. The lowest BCUT2D eigenvalue weighted by Gasteiger charge is -2.32. The molecule has 0 saturated carbocycles. The van der Waals surface area contributed by atoms with Crippen molar-refractivity contribution in [3.63, 3.8) is 0 Å². The van der Waals surface area contributed by atoms with E-state index in [4.69, 9.17) is 11.6 Å². The fourth-order valence-electron chi connectivity index (χ4n) is 2.56. The van der Waals surface area contributed by atoms with E-state index in [2.05, 4.69) is 0 Å². The third-order valence-corrected chi connectivity index (χ3v) is 3.96. The molecular formula is C14H17ClFNO2. The Labute approximate surface area is 117 Å². The minimum absolute atomic E-state index is 0.323. The van der Waals surface area contributed by atoms with E-state index in [0.717, 1.165) is 19.4 Å². The van der Waals surface area contributed by atoms with Crippen molar-refractivity contribution in [3.05, 3.63) is 34.6 Å². The van der Waals surface area contributed by atoms with Crippen LogP contribution in [0.4, 0.5) is 4.39 Å². The summed E-state index contributed by atoms with van der Waals surface area (Å²) in [4.78, 5) is 13.1.